The molecule has 5 nitrogen and oxygen atoms in total. The Labute approximate surface area is 118 Å². The molecule has 5 heteroatoms. The Kier molecular flexibility index (Phi) is 3.41. The predicted octanol–water partition coefficient (Wildman–Crippen LogP) is 2.10. The van der Waals surface area contributed by atoms with E-state index in [9.17, 15) is 4.79 Å². The number of carbonyl (C=O) groups excluding carboxylic acids is 1. The van der Waals surface area contributed by atoms with Gasteiger partial charge in [-0.25, -0.2) is 4.79 Å². The van der Waals surface area contributed by atoms with E-state index in [0.717, 1.165) is 19.3 Å². The fourth-order valence-electron chi connectivity index (χ4n) is 2.66. The minimum absolute atomic E-state index is 0.164. The Bertz CT molecular complexity index is 620. The molecule has 1 aromatic heterocycles. The average Bonchev–Trinajstić information content (AvgIpc) is 2.83. The molecule has 0 aliphatic heterocycles. The monoisotopic (exact) mass is 270 g/mol. The lowest BCUT2D eigenvalue weighted by molar-refractivity contribution is 0.247. The summed E-state index contributed by atoms with van der Waals surface area (Å²) in [6.45, 7) is 0. The molecule has 2 N–H and O–H groups in total. The third kappa shape index (κ3) is 2.82. The standard InChI is InChI=1S/C15H18N4O/c1-19-10-14(9-16-19)18-15(20)17-13-7-6-11-4-2-3-5-12(11)8-13/h2-5,9-10,13H,6-8H2,1H3,(H2,17,18,20)/t13-/m1/s1. The van der Waals surface area contributed by atoms with Crippen LogP contribution in [0.25, 0.3) is 0 Å². The minimum Gasteiger partial charge on any atom is -0.335 e. The minimum atomic E-state index is -0.164. The van der Waals surface area contributed by atoms with E-state index >= 15 is 0 Å². The second kappa shape index (κ2) is 5.36. The molecular formula is C15H18N4O. The van der Waals surface area contributed by atoms with E-state index in [-0.39, 0.29) is 12.1 Å². The second-order valence-electron chi connectivity index (χ2n) is 5.21. The smallest absolute Gasteiger partial charge is 0.319 e. The Hall–Kier alpha value is -2.30. The lowest BCUT2D eigenvalue weighted by atomic mass is 9.88. The van der Waals surface area contributed by atoms with Crippen LogP contribution in [0, 0.1) is 0 Å². The van der Waals surface area contributed by atoms with Gasteiger partial charge in [0.05, 0.1) is 11.9 Å². The quantitative estimate of drug-likeness (QED) is 0.878. The number of urea groups is 1. The molecule has 1 aliphatic rings. The number of fused-ring (bicyclic) bond motifs is 1. The van der Waals surface area contributed by atoms with Gasteiger partial charge < -0.3 is 10.6 Å². The molecule has 0 saturated heterocycles. The lowest BCUT2D eigenvalue weighted by Gasteiger charge is -2.25. The Balaban J connectivity index is 1.58. The van der Waals surface area contributed by atoms with E-state index in [2.05, 4.69) is 40.0 Å². The number of rotatable bonds is 2. The van der Waals surface area contributed by atoms with Crippen LogP contribution in [0.15, 0.2) is 36.7 Å². The molecule has 1 heterocycles. The van der Waals surface area contributed by atoms with Crippen molar-refractivity contribution in [2.24, 2.45) is 7.05 Å². The molecule has 104 valence electrons. The molecule has 2 aromatic rings. The number of nitrogens with zero attached hydrogens (tertiary/aromatic N) is 2. The first-order chi connectivity index (χ1) is 9.70. The number of benzene rings is 1. The van der Waals surface area contributed by atoms with Gasteiger partial charge in [0.2, 0.25) is 0 Å². The van der Waals surface area contributed by atoms with Crippen molar-refractivity contribution in [2.45, 2.75) is 25.3 Å². The maximum absolute atomic E-state index is 11.9. The maximum atomic E-state index is 11.9. The van der Waals surface area contributed by atoms with Crippen LogP contribution in [0.2, 0.25) is 0 Å². The SMILES string of the molecule is Cn1cc(NC(=O)N[C@@H]2CCc3ccccc3C2)cn1. The molecule has 2 amide bonds. The van der Waals surface area contributed by atoms with Crippen molar-refractivity contribution in [3.63, 3.8) is 0 Å². The van der Waals surface area contributed by atoms with Crippen LogP contribution in [0.5, 0.6) is 0 Å². The molecule has 1 aromatic carbocycles. The van der Waals surface area contributed by atoms with Gasteiger partial charge in [-0.2, -0.15) is 5.10 Å². The number of aryl methyl sites for hydroxylation is 2. The summed E-state index contributed by atoms with van der Waals surface area (Å²) in [6, 6.07) is 8.46. The molecule has 0 saturated carbocycles. The van der Waals surface area contributed by atoms with Crippen LogP contribution in [-0.4, -0.2) is 21.9 Å². The van der Waals surface area contributed by atoms with Crippen molar-refractivity contribution in [2.75, 3.05) is 5.32 Å². The van der Waals surface area contributed by atoms with Gasteiger partial charge >= 0.3 is 6.03 Å². The van der Waals surface area contributed by atoms with E-state index in [4.69, 9.17) is 0 Å². The number of hydrogen-bond donors (Lipinski definition) is 2. The number of amides is 2. The van der Waals surface area contributed by atoms with Gasteiger partial charge in [0.15, 0.2) is 0 Å². The highest BCUT2D eigenvalue weighted by atomic mass is 16.2. The number of aromatic nitrogens is 2. The fraction of sp³-hybridized carbons (Fsp3) is 0.333. The van der Waals surface area contributed by atoms with Crippen LogP contribution in [-0.2, 0) is 19.9 Å². The van der Waals surface area contributed by atoms with Crippen molar-refractivity contribution in [1.29, 1.82) is 0 Å². The molecule has 0 fully saturated rings. The van der Waals surface area contributed by atoms with Crippen molar-refractivity contribution in [3.8, 4) is 0 Å². The molecule has 3 rings (SSSR count). The first kappa shape index (κ1) is 12.7. The van der Waals surface area contributed by atoms with Gasteiger partial charge in [-0.1, -0.05) is 24.3 Å². The number of carbonyl (C=O) groups is 1. The fourth-order valence-corrected chi connectivity index (χ4v) is 2.66. The van der Waals surface area contributed by atoms with Crippen LogP contribution in [0.4, 0.5) is 10.5 Å². The molecule has 1 aliphatic carbocycles. The van der Waals surface area contributed by atoms with E-state index in [1.807, 2.05) is 7.05 Å². The zero-order valence-electron chi connectivity index (χ0n) is 11.5. The Morgan fingerprint density at radius 3 is 2.90 bits per heavy atom. The van der Waals surface area contributed by atoms with Gasteiger partial charge in [-0.05, 0) is 30.4 Å². The number of nitrogens with one attached hydrogen (secondary N) is 2. The Morgan fingerprint density at radius 1 is 1.35 bits per heavy atom. The first-order valence-corrected chi connectivity index (χ1v) is 6.83. The van der Waals surface area contributed by atoms with Gasteiger partial charge in [0, 0.05) is 19.3 Å². The molecule has 0 radical (unpaired) electrons. The molecule has 1 atom stereocenters. The summed E-state index contributed by atoms with van der Waals surface area (Å²) in [7, 11) is 1.82. The van der Waals surface area contributed by atoms with Gasteiger partial charge in [0.25, 0.3) is 0 Å². The second-order valence-corrected chi connectivity index (χ2v) is 5.21. The van der Waals surface area contributed by atoms with Gasteiger partial charge in [-0.3, -0.25) is 4.68 Å². The summed E-state index contributed by atoms with van der Waals surface area (Å²) >= 11 is 0. The highest BCUT2D eigenvalue weighted by molar-refractivity contribution is 5.89. The number of hydrogen-bond acceptors (Lipinski definition) is 2. The van der Waals surface area contributed by atoms with Crippen molar-refractivity contribution in [3.05, 3.63) is 47.8 Å². The summed E-state index contributed by atoms with van der Waals surface area (Å²) in [4.78, 5) is 11.9. The van der Waals surface area contributed by atoms with Gasteiger partial charge in [-0.15, -0.1) is 0 Å². The van der Waals surface area contributed by atoms with Crippen molar-refractivity contribution in [1.82, 2.24) is 15.1 Å². The normalized spacial score (nSPS) is 17.4. The van der Waals surface area contributed by atoms with Crippen LogP contribution in [0.3, 0.4) is 0 Å². The number of anilines is 1. The summed E-state index contributed by atoms with van der Waals surface area (Å²) < 4.78 is 1.66. The van der Waals surface area contributed by atoms with Crippen molar-refractivity contribution < 1.29 is 4.79 Å². The summed E-state index contributed by atoms with van der Waals surface area (Å²) in [5, 5.41) is 9.85. The van der Waals surface area contributed by atoms with E-state index < -0.39 is 0 Å². The summed E-state index contributed by atoms with van der Waals surface area (Å²) in [5.41, 5.74) is 3.45. The third-order valence-corrected chi connectivity index (χ3v) is 3.64. The maximum Gasteiger partial charge on any atom is 0.319 e. The summed E-state index contributed by atoms with van der Waals surface area (Å²) in [6.07, 6.45) is 6.31. The van der Waals surface area contributed by atoms with Gasteiger partial charge in [0.1, 0.15) is 0 Å². The molecule has 0 unspecified atom stereocenters. The lowest BCUT2D eigenvalue weighted by Crippen LogP contribution is -2.41. The molecule has 0 bridgehead atoms. The highest BCUT2D eigenvalue weighted by Crippen LogP contribution is 2.21. The van der Waals surface area contributed by atoms with Crippen LogP contribution in [0.1, 0.15) is 17.5 Å². The van der Waals surface area contributed by atoms with E-state index in [1.54, 1.807) is 17.1 Å². The highest BCUT2D eigenvalue weighted by Gasteiger charge is 2.19. The first-order valence-electron chi connectivity index (χ1n) is 6.83. The Morgan fingerprint density at radius 2 is 2.15 bits per heavy atom. The molecule has 20 heavy (non-hydrogen) atoms. The van der Waals surface area contributed by atoms with Crippen molar-refractivity contribution >= 4 is 11.7 Å². The summed E-state index contributed by atoms with van der Waals surface area (Å²) in [5.74, 6) is 0. The molecule has 0 spiro atoms. The largest absolute Gasteiger partial charge is 0.335 e. The van der Waals surface area contributed by atoms with Crippen LogP contribution < -0.4 is 10.6 Å². The topological polar surface area (TPSA) is 59.0 Å². The third-order valence-electron chi connectivity index (χ3n) is 3.64. The van der Waals surface area contributed by atoms with E-state index in [1.165, 1.54) is 11.1 Å². The molecular weight excluding hydrogens is 252 g/mol. The zero-order chi connectivity index (χ0) is 13.9. The van der Waals surface area contributed by atoms with E-state index in [0.29, 0.717) is 5.69 Å². The average molecular weight is 270 g/mol. The van der Waals surface area contributed by atoms with Crippen LogP contribution >= 0.6 is 0 Å². The zero-order valence-corrected chi connectivity index (χ0v) is 11.5. The predicted molar refractivity (Wildman–Crippen MR) is 77.6 cm³/mol.